The second-order valence-corrected chi connectivity index (χ2v) is 10.9. The van der Waals surface area contributed by atoms with Crippen LogP contribution < -0.4 is 16.2 Å². The number of hydrogen-bond acceptors (Lipinski definition) is 6. The Hall–Kier alpha value is -2.40. The van der Waals surface area contributed by atoms with Gasteiger partial charge in [-0.1, -0.05) is 0 Å². The van der Waals surface area contributed by atoms with Crippen molar-refractivity contribution in [1.29, 1.82) is 0 Å². The van der Waals surface area contributed by atoms with Crippen LogP contribution in [0, 0.1) is 0 Å². The van der Waals surface area contributed by atoms with Crippen LogP contribution in [-0.4, -0.2) is 40.8 Å². The molecule has 1 aliphatic heterocycles. The predicted octanol–water partition coefficient (Wildman–Crippen LogP) is 2.74. The van der Waals surface area contributed by atoms with Gasteiger partial charge >= 0.3 is 0 Å². The number of nitrogens with zero attached hydrogens (tertiary/aromatic N) is 3. The molecule has 0 saturated heterocycles. The van der Waals surface area contributed by atoms with E-state index in [1.54, 1.807) is 0 Å². The number of carbonyl (C=O) groups is 1. The van der Waals surface area contributed by atoms with Crippen LogP contribution in [0.2, 0.25) is 0 Å². The summed E-state index contributed by atoms with van der Waals surface area (Å²) in [5.41, 5.74) is 11.3. The number of aryl methyl sites for hydroxylation is 1. The number of fused-ring (bicyclic) bond motifs is 3. The Morgan fingerprint density at radius 2 is 1.91 bits per heavy atom. The first-order valence-electron chi connectivity index (χ1n) is 11.2. The summed E-state index contributed by atoms with van der Waals surface area (Å²) in [6.45, 7) is 0.251. The van der Waals surface area contributed by atoms with Crippen LogP contribution in [0.25, 0.3) is 0 Å². The Balaban J connectivity index is 0.000000158. The standard InChI is InChI=1S/C14H16N2O.C8H14F2N4OS/c17-8-15-12-9-2-1-3-11(9)16-13-10(12)4-5-14(13)6-7-14;1-13-16(12,15)6(5-11)7-8(9,10)3-2-4-14-7/h8H,1-7H2,(H,15,16,17);5H,2-4,11H2,1H3,(H2,12,13,15)/b;6-5+. The van der Waals surface area contributed by atoms with Crippen molar-refractivity contribution in [2.75, 3.05) is 18.9 Å². The van der Waals surface area contributed by atoms with Crippen molar-refractivity contribution >= 4 is 27.7 Å². The Morgan fingerprint density at radius 3 is 2.52 bits per heavy atom. The molecule has 4 aliphatic rings. The van der Waals surface area contributed by atoms with Gasteiger partial charge in [0.15, 0.2) is 0 Å². The molecule has 1 unspecified atom stereocenters. The Labute approximate surface area is 192 Å². The van der Waals surface area contributed by atoms with Crippen LogP contribution in [0.5, 0.6) is 0 Å². The predicted molar refractivity (Wildman–Crippen MR) is 125 cm³/mol. The van der Waals surface area contributed by atoms with Crippen molar-refractivity contribution in [2.24, 2.45) is 20.2 Å². The molecule has 0 bridgehead atoms. The highest BCUT2D eigenvalue weighted by Gasteiger charge is 2.51. The minimum atomic E-state index is -3.38. The van der Waals surface area contributed by atoms with Crippen molar-refractivity contribution in [1.82, 2.24) is 4.98 Å². The van der Waals surface area contributed by atoms with Crippen molar-refractivity contribution in [3.05, 3.63) is 33.6 Å². The highest BCUT2D eigenvalue weighted by atomic mass is 32.2. The summed E-state index contributed by atoms with van der Waals surface area (Å²) in [6, 6.07) is 0. The number of aromatic nitrogens is 1. The van der Waals surface area contributed by atoms with E-state index in [-0.39, 0.29) is 24.3 Å². The van der Waals surface area contributed by atoms with Gasteiger partial charge in [-0.15, -0.1) is 0 Å². The Morgan fingerprint density at radius 1 is 1.15 bits per heavy atom. The number of amides is 1. The summed E-state index contributed by atoms with van der Waals surface area (Å²) >= 11 is 0. The Kier molecular flexibility index (Phi) is 6.30. The fourth-order valence-electron chi connectivity index (χ4n) is 5.06. The van der Waals surface area contributed by atoms with E-state index in [1.165, 1.54) is 55.2 Å². The van der Waals surface area contributed by atoms with E-state index < -0.39 is 21.5 Å². The molecule has 5 rings (SSSR count). The average Bonchev–Trinajstić information content (AvgIpc) is 3.26. The summed E-state index contributed by atoms with van der Waals surface area (Å²) in [5.74, 6) is -3.14. The van der Waals surface area contributed by atoms with Gasteiger partial charge < -0.3 is 11.1 Å². The van der Waals surface area contributed by atoms with Crippen molar-refractivity contribution in [3.63, 3.8) is 0 Å². The SMILES string of the molecule is CN=S(N)(=O)/C(=C/N)C1=NCCCC1(F)F.O=CNc1c2c(nc3c1CCC31CC1)CCC2. The number of nitrogens with one attached hydrogen (secondary N) is 1. The number of pyridine rings is 1. The minimum absolute atomic E-state index is 0.251. The second kappa shape index (κ2) is 8.75. The second-order valence-electron chi connectivity index (χ2n) is 8.96. The summed E-state index contributed by atoms with van der Waals surface area (Å²) in [4.78, 5) is 19.0. The maximum absolute atomic E-state index is 13.5. The maximum Gasteiger partial charge on any atom is 0.290 e. The van der Waals surface area contributed by atoms with Crippen molar-refractivity contribution < 1.29 is 17.8 Å². The van der Waals surface area contributed by atoms with Crippen LogP contribution in [0.4, 0.5) is 14.5 Å². The molecule has 1 amide bonds. The number of hydrogen-bond donors (Lipinski definition) is 3. The molecule has 1 saturated carbocycles. The zero-order valence-corrected chi connectivity index (χ0v) is 19.5. The molecular formula is C22H30F2N6O2S. The minimum Gasteiger partial charge on any atom is -0.404 e. The fraction of sp³-hybridized carbons (Fsp3) is 0.591. The summed E-state index contributed by atoms with van der Waals surface area (Å²) < 4.78 is 42.1. The number of carbonyl (C=O) groups excluding carboxylic acids is 1. The molecule has 1 spiro atoms. The lowest BCUT2D eigenvalue weighted by molar-refractivity contribution is -0.105. The number of halogens is 2. The van der Waals surface area contributed by atoms with Crippen LogP contribution in [0.3, 0.4) is 0 Å². The van der Waals surface area contributed by atoms with Gasteiger partial charge in [0.2, 0.25) is 6.41 Å². The zero-order chi connectivity index (χ0) is 23.9. The highest BCUT2D eigenvalue weighted by Crippen LogP contribution is 2.58. The number of anilines is 1. The van der Waals surface area contributed by atoms with E-state index in [1.807, 2.05) is 0 Å². The molecular weight excluding hydrogens is 450 g/mol. The number of allylic oxidation sites excluding steroid dienone is 1. The van der Waals surface area contributed by atoms with Gasteiger partial charge in [0, 0.05) is 37.3 Å². The van der Waals surface area contributed by atoms with E-state index in [2.05, 4.69) is 14.7 Å². The van der Waals surface area contributed by atoms with Crippen LogP contribution >= 0.6 is 0 Å². The van der Waals surface area contributed by atoms with Crippen molar-refractivity contribution in [2.45, 2.75) is 69.1 Å². The van der Waals surface area contributed by atoms with Crippen molar-refractivity contribution in [3.8, 4) is 0 Å². The number of alkyl halides is 2. The van der Waals surface area contributed by atoms with Gasteiger partial charge in [-0.3, -0.25) is 14.8 Å². The Bertz CT molecular complexity index is 1150. The summed E-state index contributed by atoms with van der Waals surface area (Å²) in [6.07, 6.45) is 9.86. The molecule has 33 heavy (non-hydrogen) atoms. The lowest BCUT2D eigenvalue weighted by Gasteiger charge is -2.24. The van der Waals surface area contributed by atoms with E-state index in [4.69, 9.17) is 15.9 Å². The maximum atomic E-state index is 13.5. The highest BCUT2D eigenvalue weighted by molar-refractivity contribution is 7.96. The topological polar surface area (TPSA) is 136 Å². The lowest BCUT2D eigenvalue weighted by Crippen LogP contribution is -2.38. The van der Waals surface area contributed by atoms with Gasteiger partial charge in [-0.2, -0.15) is 8.78 Å². The fourth-order valence-corrected chi connectivity index (χ4v) is 5.94. The number of aliphatic imine (C=N–C) groups is 1. The van der Waals surface area contributed by atoms with Gasteiger partial charge in [0.25, 0.3) is 5.92 Å². The third-order valence-electron chi connectivity index (χ3n) is 6.97. The molecule has 2 heterocycles. The molecule has 11 heteroatoms. The quantitative estimate of drug-likeness (QED) is 0.571. The van der Waals surface area contributed by atoms with Crippen LogP contribution in [0.1, 0.15) is 61.0 Å². The van der Waals surface area contributed by atoms with Gasteiger partial charge in [0.1, 0.15) is 20.5 Å². The smallest absolute Gasteiger partial charge is 0.290 e. The van der Waals surface area contributed by atoms with E-state index in [0.29, 0.717) is 5.41 Å². The summed E-state index contributed by atoms with van der Waals surface area (Å²) in [7, 11) is -2.19. The third-order valence-corrected chi connectivity index (χ3v) is 8.48. The first kappa shape index (κ1) is 23.7. The average molecular weight is 481 g/mol. The first-order valence-corrected chi connectivity index (χ1v) is 12.8. The molecule has 1 aromatic rings. The largest absolute Gasteiger partial charge is 0.404 e. The molecule has 0 radical (unpaired) electrons. The monoisotopic (exact) mass is 480 g/mol. The molecule has 1 aromatic heterocycles. The molecule has 0 aromatic carbocycles. The summed E-state index contributed by atoms with van der Waals surface area (Å²) in [5, 5.41) is 8.27. The van der Waals surface area contributed by atoms with Gasteiger partial charge in [-0.05, 0) is 62.5 Å². The number of rotatable bonds is 4. The first-order chi connectivity index (χ1) is 15.7. The molecule has 1 atom stereocenters. The van der Waals surface area contributed by atoms with E-state index in [0.717, 1.165) is 37.6 Å². The number of nitrogens with two attached hydrogens (primary N) is 2. The molecule has 5 N–H and O–H groups in total. The molecule has 1 fully saturated rings. The van der Waals surface area contributed by atoms with E-state index >= 15 is 0 Å². The molecule has 180 valence electrons. The van der Waals surface area contributed by atoms with Crippen LogP contribution in [-0.2, 0) is 39.4 Å². The normalized spacial score (nSPS) is 23.4. The van der Waals surface area contributed by atoms with E-state index in [9.17, 15) is 17.8 Å². The van der Waals surface area contributed by atoms with Gasteiger partial charge in [-0.25, -0.2) is 13.7 Å². The van der Waals surface area contributed by atoms with Crippen LogP contribution in [0.15, 0.2) is 20.5 Å². The zero-order valence-electron chi connectivity index (χ0n) is 18.7. The van der Waals surface area contributed by atoms with Gasteiger partial charge in [0.05, 0.1) is 11.4 Å². The third kappa shape index (κ3) is 4.28. The lowest BCUT2D eigenvalue weighted by atomic mass is 10.0. The molecule has 3 aliphatic carbocycles. The molecule has 8 nitrogen and oxygen atoms in total.